The monoisotopic (exact) mass is 306 g/mol. The molecule has 0 spiro atoms. The highest BCUT2D eigenvalue weighted by molar-refractivity contribution is 5.55. The Hall–Kier alpha value is -2.68. The number of fused-ring (bicyclic) bond motifs is 1. The van der Waals surface area contributed by atoms with Crippen LogP contribution in [0.1, 0.15) is 18.4 Å². The van der Waals surface area contributed by atoms with Gasteiger partial charge in [0.15, 0.2) is 0 Å². The first-order valence-electron chi connectivity index (χ1n) is 7.99. The van der Waals surface area contributed by atoms with Crippen molar-refractivity contribution < 1.29 is 0 Å². The van der Waals surface area contributed by atoms with Crippen LogP contribution in [-0.2, 0) is 0 Å². The van der Waals surface area contributed by atoms with Crippen molar-refractivity contribution in [2.24, 2.45) is 5.92 Å². The molecule has 2 unspecified atom stereocenters. The highest BCUT2D eigenvalue weighted by atomic mass is 15.3. The van der Waals surface area contributed by atoms with E-state index in [0.717, 1.165) is 37.7 Å². The van der Waals surface area contributed by atoms with Crippen molar-refractivity contribution in [3.63, 3.8) is 0 Å². The zero-order valence-electron chi connectivity index (χ0n) is 12.8. The maximum Gasteiger partial charge on any atom is 0.147 e. The van der Waals surface area contributed by atoms with Crippen LogP contribution in [0.3, 0.4) is 0 Å². The van der Waals surface area contributed by atoms with E-state index >= 15 is 0 Å². The molecule has 4 rings (SSSR count). The van der Waals surface area contributed by atoms with Gasteiger partial charge in [0.1, 0.15) is 17.7 Å². The Morgan fingerprint density at radius 1 is 1.13 bits per heavy atom. The summed E-state index contributed by atoms with van der Waals surface area (Å²) in [7, 11) is 0. The second-order valence-corrected chi connectivity index (χ2v) is 6.09. The van der Waals surface area contributed by atoms with Gasteiger partial charge in [-0.15, -0.1) is 0 Å². The minimum Gasteiger partial charge on any atom is -0.353 e. The van der Waals surface area contributed by atoms with Gasteiger partial charge >= 0.3 is 0 Å². The lowest BCUT2D eigenvalue weighted by molar-refractivity contribution is 0.388. The van der Waals surface area contributed by atoms with Crippen molar-refractivity contribution >= 4 is 11.6 Å². The van der Waals surface area contributed by atoms with Gasteiger partial charge < -0.3 is 9.80 Å². The Labute approximate surface area is 135 Å². The van der Waals surface area contributed by atoms with Gasteiger partial charge in [0, 0.05) is 38.2 Å². The van der Waals surface area contributed by atoms with E-state index in [9.17, 15) is 5.26 Å². The van der Waals surface area contributed by atoms with Crippen LogP contribution in [0.15, 0.2) is 36.9 Å². The van der Waals surface area contributed by atoms with E-state index in [1.165, 1.54) is 6.42 Å². The number of aromatic nitrogens is 3. The highest BCUT2D eigenvalue weighted by Crippen LogP contribution is 2.36. The van der Waals surface area contributed by atoms with Gasteiger partial charge in [-0.25, -0.2) is 9.97 Å². The second-order valence-electron chi connectivity index (χ2n) is 6.09. The first-order chi connectivity index (χ1) is 11.4. The first-order valence-corrected chi connectivity index (χ1v) is 7.99. The lowest BCUT2D eigenvalue weighted by Gasteiger charge is -2.39. The Bertz CT molecular complexity index is 725. The number of piperidine rings is 1. The molecule has 0 saturated carbocycles. The average molecular weight is 306 g/mol. The zero-order valence-corrected chi connectivity index (χ0v) is 12.8. The molecule has 2 aromatic rings. The molecule has 6 nitrogen and oxygen atoms in total. The number of nitrogens with zero attached hydrogens (tertiary/aromatic N) is 6. The predicted molar refractivity (Wildman–Crippen MR) is 87.1 cm³/mol. The molecule has 0 N–H and O–H groups in total. The van der Waals surface area contributed by atoms with Gasteiger partial charge in [-0.2, -0.15) is 5.26 Å². The van der Waals surface area contributed by atoms with Crippen molar-refractivity contribution in [1.82, 2.24) is 15.0 Å². The van der Waals surface area contributed by atoms with Crippen LogP contribution in [0.2, 0.25) is 0 Å². The zero-order chi connectivity index (χ0) is 15.6. The van der Waals surface area contributed by atoms with Gasteiger partial charge in [-0.3, -0.25) is 4.98 Å². The summed E-state index contributed by atoms with van der Waals surface area (Å²) in [6.07, 6.45) is 9.34. The standard InChI is InChI=1S/C17H18N6/c18-10-14-2-1-5-21-17(14)23-9-4-13-3-8-22(12-15(13)23)16-11-19-6-7-20-16/h1-2,5-7,11,13,15H,3-4,8-9,12H2. The van der Waals surface area contributed by atoms with Crippen molar-refractivity contribution in [2.75, 3.05) is 29.4 Å². The maximum absolute atomic E-state index is 9.36. The molecular weight excluding hydrogens is 288 g/mol. The largest absolute Gasteiger partial charge is 0.353 e. The minimum absolute atomic E-state index is 0.382. The van der Waals surface area contributed by atoms with Crippen molar-refractivity contribution in [1.29, 1.82) is 5.26 Å². The number of rotatable bonds is 2. The normalized spacial score (nSPS) is 23.4. The number of pyridine rings is 1. The second kappa shape index (κ2) is 5.84. The van der Waals surface area contributed by atoms with Crippen LogP contribution in [-0.4, -0.2) is 40.6 Å². The molecule has 2 atom stereocenters. The third kappa shape index (κ3) is 2.48. The summed E-state index contributed by atoms with van der Waals surface area (Å²) in [5, 5.41) is 9.36. The molecule has 2 aromatic heterocycles. The van der Waals surface area contributed by atoms with E-state index < -0.39 is 0 Å². The first kappa shape index (κ1) is 13.9. The predicted octanol–water partition coefficient (Wildman–Crippen LogP) is 1.85. The molecule has 2 fully saturated rings. The van der Waals surface area contributed by atoms with E-state index in [4.69, 9.17) is 0 Å². The molecule has 0 aliphatic carbocycles. The molecule has 2 saturated heterocycles. The summed E-state index contributed by atoms with van der Waals surface area (Å²) < 4.78 is 0. The molecule has 0 bridgehead atoms. The minimum atomic E-state index is 0.382. The van der Waals surface area contributed by atoms with E-state index in [1.807, 2.05) is 18.3 Å². The van der Waals surface area contributed by atoms with E-state index in [-0.39, 0.29) is 0 Å². The van der Waals surface area contributed by atoms with E-state index in [1.54, 1.807) is 18.6 Å². The van der Waals surface area contributed by atoms with Gasteiger partial charge in [-0.1, -0.05) is 0 Å². The molecule has 116 valence electrons. The number of hydrogen-bond acceptors (Lipinski definition) is 6. The summed E-state index contributed by atoms with van der Waals surface area (Å²) in [5.74, 6) is 2.42. The fourth-order valence-corrected chi connectivity index (χ4v) is 3.78. The summed E-state index contributed by atoms with van der Waals surface area (Å²) >= 11 is 0. The molecule has 4 heterocycles. The van der Waals surface area contributed by atoms with Gasteiger partial charge in [0.2, 0.25) is 0 Å². The molecule has 0 aromatic carbocycles. The van der Waals surface area contributed by atoms with Crippen LogP contribution in [0.25, 0.3) is 0 Å². The van der Waals surface area contributed by atoms with Gasteiger partial charge in [0.05, 0.1) is 17.8 Å². The third-order valence-electron chi connectivity index (χ3n) is 4.92. The summed E-state index contributed by atoms with van der Waals surface area (Å²) in [5.41, 5.74) is 0.657. The summed E-state index contributed by atoms with van der Waals surface area (Å²) in [6.45, 7) is 2.89. The van der Waals surface area contributed by atoms with Crippen molar-refractivity contribution in [2.45, 2.75) is 18.9 Å². The molecule has 2 aliphatic heterocycles. The SMILES string of the molecule is N#Cc1cccnc1N1CCC2CCN(c3cnccn3)CC21. The smallest absolute Gasteiger partial charge is 0.147 e. The Balaban J connectivity index is 1.61. The Morgan fingerprint density at radius 3 is 2.87 bits per heavy atom. The number of nitriles is 1. The lowest BCUT2D eigenvalue weighted by atomic mass is 9.92. The molecule has 23 heavy (non-hydrogen) atoms. The average Bonchev–Trinajstić information content (AvgIpc) is 3.05. The third-order valence-corrected chi connectivity index (χ3v) is 4.92. The van der Waals surface area contributed by atoms with E-state index in [2.05, 4.69) is 30.8 Å². The Morgan fingerprint density at radius 2 is 2.04 bits per heavy atom. The fourth-order valence-electron chi connectivity index (χ4n) is 3.78. The highest BCUT2D eigenvalue weighted by Gasteiger charge is 2.40. The molecule has 2 aliphatic rings. The van der Waals surface area contributed by atoms with Crippen LogP contribution < -0.4 is 9.80 Å². The fraction of sp³-hybridized carbons (Fsp3) is 0.412. The lowest BCUT2D eigenvalue weighted by Crippen LogP contribution is -2.49. The molecule has 6 heteroatoms. The van der Waals surface area contributed by atoms with Crippen LogP contribution in [0.4, 0.5) is 11.6 Å². The Kier molecular flexibility index (Phi) is 3.54. The van der Waals surface area contributed by atoms with Crippen molar-refractivity contribution in [3.8, 4) is 6.07 Å². The van der Waals surface area contributed by atoms with Crippen LogP contribution in [0, 0.1) is 17.2 Å². The van der Waals surface area contributed by atoms with Gasteiger partial charge in [0.25, 0.3) is 0 Å². The van der Waals surface area contributed by atoms with Crippen molar-refractivity contribution in [3.05, 3.63) is 42.5 Å². The quantitative estimate of drug-likeness (QED) is 0.843. The number of anilines is 2. The molecule has 0 radical (unpaired) electrons. The molecule has 0 amide bonds. The number of hydrogen-bond donors (Lipinski definition) is 0. The summed E-state index contributed by atoms with van der Waals surface area (Å²) in [4.78, 5) is 17.7. The maximum atomic E-state index is 9.36. The summed E-state index contributed by atoms with van der Waals surface area (Å²) in [6, 6.07) is 6.32. The van der Waals surface area contributed by atoms with Crippen LogP contribution in [0.5, 0.6) is 0 Å². The topological polar surface area (TPSA) is 68.9 Å². The molecular formula is C17H18N6. The van der Waals surface area contributed by atoms with E-state index in [0.29, 0.717) is 17.5 Å². The van der Waals surface area contributed by atoms with Gasteiger partial charge in [-0.05, 0) is 30.9 Å². The van der Waals surface area contributed by atoms with Crippen LogP contribution >= 0.6 is 0 Å².